The largest absolute Gasteiger partial charge is 0.371 e. The number of carbonyl (C=O) groups is 1. The molecule has 0 radical (unpaired) electrons. The fraction of sp³-hybridized carbons (Fsp3) is 0.444. The van der Waals surface area contributed by atoms with Gasteiger partial charge in [0.25, 0.3) is 11.8 Å². The van der Waals surface area contributed by atoms with Crippen LogP contribution in [-0.2, 0) is 0 Å². The number of alkyl halides is 2. The van der Waals surface area contributed by atoms with Gasteiger partial charge in [0.1, 0.15) is 5.82 Å². The van der Waals surface area contributed by atoms with Crippen LogP contribution in [0.2, 0.25) is 0 Å². The highest BCUT2D eigenvalue weighted by molar-refractivity contribution is 14.1. The van der Waals surface area contributed by atoms with Crippen molar-refractivity contribution >= 4 is 56.7 Å². The standard InChI is InChI=1S/C27H28F2IN5O2/c28-27(29)9-13-35(14-10-27)24-23-17(1-4-22(36)33-23)15-21(31-24)32-25(37)19-3-2-18(30)16-20(19)34-11-7-26(5-6-26)8-12-34/h1-4,15-16H,5-14H2,(H,33,36)(H,31,32,37). The molecule has 2 aromatic heterocycles. The van der Waals surface area contributed by atoms with E-state index in [1.807, 2.05) is 12.1 Å². The first-order valence-electron chi connectivity index (χ1n) is 12.7. The van der Waals surface area contributed by atoms with Crippen LogP contribution in [0.5, 0.6) is 0 Å². The minimum absolute atomic E-state index is 0.112. The average molecular weight is 619 g/mol. The first-order valence-corrected chi connectivity index (χ1v) is 13.8. The Morgan fingerprint density at radius 2 is 1.65 bits per heavy atom. The van der Waals surface area contributed by atoms with Gasteiger partial charge in [0.2, 0.25) is 5.56 Å². The van der Waals surface area contributed by atoms with Crippen molar-refractivity contribution in [1.29, 1.82) is 0 Å². The minimum Gasteiger partial charge on any atom is -0.371 e. The maximum absolute atomic E-state index is 13.8. The van der Waals surface area contributed by atoms with Crippen molar-refractivity contribution in [3.05, 3.63) is 55.9 Å². The van der Waals surface area contributed by atoms with E-state index in [0.717, 1.165) is 35.2 Å². The van der Waals surface area contributed by atoms with Crippen LogP contribution in [0, 0.1) is 8.99 Å². The number of H-pyrrole nitrogens is 1. The fourth-order valence-corrected chi connectivity index (χ4v) is 5.99. The Labute approximate surface area is 226 Å². The van der Waals surface area contributed by atoms with Gasteiger partial charge in [-0.3, -0.25) is 9.59 Å². The van der Waals surface area contributed by atoms with Crippen molar-refractivity contribution in [2.24, 2.45) is 5.41 Å². The summed E-state index contributed by atoms with van der Waals surface area (Å²) >= 11 is 2.27. The van der Waals surface area contributed by atoms with Crippen LogP contribution >= 0.6 is 22.6 Å². The number of anilines is 3. The Hall–Kier alpha value is -2.76. The van der Waals surface area contributed by atoms with E-state index in [2.05, 4.69) is 48.8 Å². The van der Waals surface area contributed by atoms with E-state index in [9.17, 15) is 18.4 Å². The summed E-state index contributed by atoms with van der Waals surface area (Å²) in [4.78, 5) is 37.1. The van der Waals surface area contributed by atoms with Gasteiger partial charge in [0.05, 0.1) is 16.8 Å². The predicted octanol–water partition coefficient (Wildman–Crippen LogP) is 5.40. The molecule has 1 aromatic carbocycles. The first kappa shape index (κ1) is 24.6. The SMILES string of the molecule is O=C(Nc1cc2ccc(=O)[nH]c2c(N2CCC(F)(F)CC2)n1)c1ccc(I)cc1N1CCC2(CC1)CC2. The van der Waals surface area contributed by atoms with Crippen molar-refractivity contribution in [2.75, 3.05) is 41.3 Å². The second-order valence-corrected chi connectivity index (χ2v) is 11.8. The van der Waals surface area contributed by atoms with E-state index in [4.69, 9.17) is 0 Å². The van der Waals surface area contributed by atoms with Crippen molar-refractivity contribution in [3.63, 3.8) is 0 Å². The monoisotopic (exact) mass is 619 g/mol. The summed E-state index contributed by atoms with van der Waals surface area (Å²) in [6.45, 7) is 2.10. The molecular weight excluding hydrogens is 591 g/mol. The van der Waals surface area contributed by atoms with Gasteiger partial charge in [-0.2, -0.15) is 0 Å². The number of aromatic nitrogens is 2. The van der Waals surface area contributed by atoms with Gasteiger partial charge < -0.3 is 20.1 Å². The molecule has 2 saturated heterocycles. The molecule has 3 fully saturated rings. The van der Waals surface area contributed by atoms with Gasteiger partial charge >= 0.3 is 0 Å². The highest BCUT2D eigenvalue weighted by Crippen LogP contribution is 2.54. The lowest BCUT2D eigenvalue weighted by Gasteiger charge is -2.35. The average Bonchev–Trinajstić information content (AvgIpc) is 3.63. The molecule has 10 heteroatoms. The third kappa shape index (κ3) is 5.04. The number of aromatic amines is 1. The number of hydrogen-bond donors (Lipinski definition) is 2. The lowest BCUT2D eigenvalue weighted by Crippen LogP contribution is -2.40. The van der Waals surface area contributed by atoms with Crippen molar-refractivity contribution in [3.8, 4) is 0 Å². The van der Waals surface area contributed by atoms with E-state index in [1.54, 1.807) is 17.0 Å². The van der Waals surface area contributed by atoms with Crippen molar-refractivity contribution in [2.45, 2.75) is 44.4 Å². The molecule has 37 heavy (non-hydrogen) atoms. The van der Waals surface area contributed by atoms with Crippen LogP contribution in [0.15, 0.2) is 41.2 Å². The summed E-state index contributed by atoms with van der Waals surface area (Å²) in [6.07, 6.45) is 4.37. The number of piperidine rings is 2. The smallest absolute Gasteiger partial charge is 0.258 e. The quantitative estimate of drug-likeness (QED) is 0.383. The highest BCUT2D eigenvalue weighted by atomic mass is 127. The molecule has 1 amide bonds. The third-order valence-corrected chi connectivity index (χ3v) is 8.73. The van der Waals surface area contributed by atoms with Crippen LogP contribution in [0.1, 0.15) is 48.9 Å². The van der Waals surface area contributed by atoms with Crippen LogP contribution in [-0.4, -0.2) is 48.0 Å². The van der Waals surface area contributed by atoms with Gasteiger partial charge in [0.15, 0.2) is 5.82 Å². The third-order valence-electron chi connectivity index (χ3n) is 8.06. The van der Waals surface area contributed by atoms with E-state index in [1.165, 1.54) is 18.9 Å². The van der Waals surface area contributed by atoms with Gasteiger partial charge in [0, 0.05) is 54.0 Å². The van der Waals surface area contributed by atoms with Crippen LogP contribution in [0.25, 0.3) is 10.9 Å². The maximum atomic E-state index is 13.8. The summed E-state index contributed by atoms with van der Waals surface area (Å²) in [5.74, 6) is -2.27. The molecule has 1 aliphatic carbocycles. The van der Waals surface area contributed by atoms with Crippen LogP contribution in [0.3, 0.4) is 0 Å². The summed E-state index contributed by atoms with van der Waals surface area (Å²) in [7, 11) is 0. The Morgan fingerprint density at radius 3 is 2.35 bits per heavy atom. The number of rotatable bonds is 4. The Bertz CT molecular complexity index is 1420. The van der Waals surface area contributed by atoms with E-state index in [0.29, 0.717) is 33.5 Å². The van der Waals surface area contributed by atoms with Gasteiger partial charge in [-0.15, -0.1) is 0 Å². The summed E-state index contributed by atoms with van der Waals surface area (Å²) < 4.78 is 28.7. The molecule has 2 aliphatic heterocycles. The molecule has 1 spiro atoms. The van der Waals surface area contributed by atoms with E-state index < -0.39 is 5.92 Å². The minimum atomic E-state index is -2.71. The van der Waals surface area contributed by atoms with Crippen molar-refractivity contribution < 1.29 is 13.6 Å². The number of pyridine rings is 2. The zero-order chi connectivity index (χ0) is 25.8. The van der Waals surface area contributed by atoms with E-state index in [-0.39, 0.29) is 37.4 Å². The number of amides is 1. The molecule has 4 heterocycles. The number of fused-ring (bicyclic) bond motifs is 1. The summed E-state index contributed by atoms with van der Waals surface area (Å²) in [5, 5.41) is 3.61. The van der Waals surface area contributed by atoms with Crippen LogP contribution < -0.4 is 20.7 Å². The van der Waals surface area contributed by atoms with Gasteiger partial charge in [-0.05, 0) is 84.0 Å². The van der Waals surface area contributed by atoms with E-state index >= 15 is 0 Å². The number of nitrogens with zero attached hydrogens (tertiary/aromatic N) is 3. The summed E-state index contributed by atoms with van der Waals surface area (Å²) in [6, 6.07) is 10.6. The molecule has 2 N–H and O–H groups in total. The Kier molecular flexibility index (Phi) is 6.12. The predicted molar refractivity (Wildman–Crippen MR) is 149 cm³/mol. The lowest BCUT2D eigenvalue weighted by molar-refractivity contribution is -0.0221. The fourth-order valence-electron chi connectivity index (χ4n) is 5.52. The van der Waals surface area contributed by atoms with Crippen LogP contribution in [0.4, 0.5) is 26.1 Å². The number of nitrogens with one attached hydrogen (secondary N) is 2. The maximum Gasteiger partial charge on any atom is 0.258 e. The lowest BCUT2D eigenvalue weighted by atomic mass is 9.93. The molecule has 0 atom stereocenters. The first-order chi connectivity index (χ1) is 17.7. The molecule has 3 aromatic rings. The Morgan fingerprint density at radius 1 is 0.946 bits per heavy atom. The van der Waals surface area contributed by atoms with Gasteiger partial charge in [-0.25, -0.2) is 13.8 Å². The molecule has 0 bridgehead atoms. The Balaban J connectivity index is 1.31. The molecule has 1 saturated carbocycles. The van der Waals surface area contributed by atoms with Crippen molar-refractivity contribution in [1.82, 2.24) is 9.97 Å². The second-order valence-electron chi connectivity index (χ2n) is 10.6. The zero-order valence-electron chi connectivity index (χ0n) is 20.3. The summed E-state index contributed by atoms with van der Waals surface area (Å²) in [5.41, 5.74) is 2.21. The molecule has 3 aliphatic rings. The normalized spacial score (nSPS) is 20.3. The molecule has 7 nitrogen and oxygen atoms in total. The van der Waals surface area contributed by atoms with Gasteiger partial charge in [-0.1, -0.05) is 0 Å². The highest BCUT2D eigenvalue weighted by Gasteiger charge is 2.44. The molecule has 194 valence electrons. The topological polar surface area (TPSA) is 81.3 Å². The second kappa shape index (κ2) is 9.21. The number of halogens is 3. The zero-order valence-corrected chi connectivity index (χ0v) is 22.5. The number of carbonyl (C=O) groups excluding carboxylic acids is 1. The molecular formula is C27H28F2IN5O2. The molecule has 6 rings (SSSR count). The molecule has 0 unspecified atom stereocenters. The number of benzene rings is 1. The number of hydrogen-bond acceptors (Lipinski definition) is 5.